The van der Waals surface area contributed by atoms with E-state index in [4.69, 9.17) is 4.74 Å². The Morgan fingerprint density at radius 2 is 1.41 bits per heavy atom. The van der Waals surface area contributed by atoms with E-state index in [1.807, 2.05) is 43.3 Å². The van der Waals surface area contributed by atoms with Gasteiger partial charge in [0.25, 0.3) is 0 Å². The fraction of sp³-hybridized carbons (Fsp3) is 0.0833. The highest BCUT2D eigenvalue weighted by atomic mass is 79.9. The summed E-state index contributed by atoms with van der Waals surface area (Å²) in [4.78, 5) is 25.2. The van der Waals surface area contributed by atoms with Gasteiger partial charge in [-0.2, -0.15) is 0 Å². The van der Waals surface area contributed by atoms with Crippen molar-refractivity contribution >= 4 is 49.5 Å². The Bertz CT molecular complexity index is 1100. The molecule has 3 aromatic carbocycles. The molecule has 0 amide bonds. The van der Waals surface area contributed by atoms with E-state index in [2.05, 4.69) is 31.9 Å². The summed E-state index contributed by atoms with van der Waals surface area (Å²) in [6, 6.07) is 18.7. The summed E-state index contributed by atoms with van der Waals surface area (Å²) < 4.78 is 7.44. The summed E-state index contributed by atoms with van der Waals surface area (Å²) in [6.45, 7) is 2.48. The quantitative estimate of drug-likeness (QED) is 0.294. The number of halogens is 2. The summed E-state index contributed by atoms with van der Waals surface area (Å²) >= 11 is 7.07. The molecule has 0 saturated carbocycles. The number of ketones is 2. The molecule has 0 aromatic heterocycles. The van der Waals surface area contributed by atoms with Gasteiger partial charge in [0.15, 0.2) is 11.6 Å². The van der Waals surface area contributed by atoms with E-state index in [0.29, 0.717) is 23.5 Å². The van der Waals surface area contributed by atoms with E-state index >= 15 is 0 Å². The van der Waals surface area contributed by atoms with Gasteiger partial charge in [0, 0.05) is 11.1 Å². The van der Waals surface area contributed by atoms with Crippen LogP contribution in [0.4, 0.5) is 0 Å². The number of fused-ring (bicyclic) bond motifs is 1. The summed E-state index contributed by atoms with van der Waals surface area (Å²) in [5, 5.41) is 0. The van der Waals surface area contributed by atoms with Crippen LogP contribution in [0.3, 0.4) is 0 Å². The molecule has 0 spiro atoms. The molecule has 0 fully saturated rings. The Balaban J connectivity index is 1.59. The van der Waals surface area contributed by atoms with Gasteiger partial charge in [-0.1, -0.05) is 54.1 Å². The second-order valence-corrected chi connectivity index (χ2v) is 8.56. The van der Waals surface area contributed by atoms with Crippen molar-refractivity contribution in [2.24, 2.45) is 0 Å². The minimum absolute atomic E-state index is 0.179. The largest absolute Gasteiger partial charge is 0.487 e. The third kappa shape index (κ3) is 3.98. The molecular formula is C24H16Br2O3. The van der Waals surface area contributed by atoms with Crippen LogP contribution in [0.15, 0.2) is 75.2 Å². The summed E-state index contributed by atoms with van der Waals surface area (Å²) in [5.41, 5.74) is 4.10. The number of hydrogen-bond acceptors (Lipinski definition) is 3. The normalized spacial score (nSPS) is 12.9. The minimum Gasteiger partial charge on any atom is -0.487 e. The number of rotatable bonds is 4. The van der Waals surface area contributed by atoms with Gasteiger partial charge in [0.05, 0.1) is 14.5 Å². The predicted molar refractivity (Wildman–Crippen MR) is 120 cm³/mol. The highest BCUT2D eigenvalue weighted by Crippen LogP contribution is 2.37. The average molecular weight is 512 g/mol. The molecule has 0 unspecified atom stereocenters. The fourth-order valence-corrected chi connectivity index (χ4v) is 4.66. The van der Waals surface area contributed by atoms with E-state index < -0.39 is 0 Å². The second-order valence-electron chi connectivity index (χ2n) is 6.85. The number of carbonyl (C=O) groups excluding carboxylic acids is 2. The van der Waals surface area contributed by atoms with Gasteiger partial charge in [-0.05, 0) is 68.1 Å². The molecule has 0 aliphatic heterocycles. The van der Waals surface area contributed by atoms with Crippen LogP contribution in [0, 0.1) is 6.92 Å². The predicted octanol–water partition coefficient (Wildman–Crippen LogP) is 6.56. The maximum absolute atomic E-state index is 12.6. The van der Waals surface area contributed by atoms with E-state index in [-0.39, 0.29) is 17.1 Å². The molecule has 1 aliphatic rings. The highest BCUT2D eigenvalue weighted by Gasteiger charge is 2.32. The lowest BCUT2D eigenvalue weighted by atomic mass is 10.1. The summed E-state index contributed by atoms with van der Waals surface area (Å²) in [5.74, 6) is 0.190. The Morgan fingerprint density at radius 3 is 1.97 bits per heavy atom. The smallest absolute Gasteiger partial charge is 0.197 e. The molecule has 3 aromatic rings. The Labute approximate surface area is 185 Å². The molecule has 0 atom stereocenters. The first-order valence-corrected chi connectivity index (χ1v) is 10.6. The van der Waals surface area contributed by atoms with Crippen molar-refractivity contribution in [2.45, 2.75) is 13.5 Å². The number of hydrogen-bond donors (Lipinski definition) is 0. The number of carbonyl (C=O) groups is 2. The Hall–Kier alpha value is -2.50. The first-order valence-electron chi connectivity index (χ1n) is 9.01. The molecule has 0 N–H and O–H groups in total. The molecule has 0 saturated heterocycles. The maximum atomic E-state index is 12.6. The first kappa shape index (κ1) is 19.8. The van der Waals surface area contributed by atoms with E-state index in [0.717, 1.165) is 20.1 Å². The molecule has 0 radical (unpaired) electrons. The summed E-state index contributed by atoms with van der Waals surface area (Å²) in [7, 11) is 0. The third-order valence-corrected chi connectivity index (χ3v) is 5.92. The molecular weight excluding hydrogens is 496 g/mol. The van der Waals surface area contributed by atoms with E-state index in [1.54, 1.807) is 30.3 Å². The minimum atomic E-state index is -0.238. The molecule has 29 heavy (non-hydrogen) atoms. The van der Waals surface area contributed by atoms with Gasteiger partial charge in [-0.3, -0.25) is 9.59 Å². The molecule has 5 heteroatoms. The molecule has 1 aliphatic carbocycles. The number of Topliss-reactive ketones (excluding diaryl/α,β-unsaturated/α-hetero) is 2. The summed E-state index contributed by atoms with van der Waals surface area (Å²) in [6.07, 6.45) is 1.63. The van der Waals surface area contributed by atoms with Crippen molar-refractivity contribution in [1.29, 1.82) is 0 Å². The van der Waals surface area contributed by atoms with Crippen molar-refractivity contribution in [2.75, 3.05) is 0 Å². The van der Waals surface area contributed by atoms with Crippen molar-refractivity contribution in [3.05, 3.63) is 103 Å². The van der Waals surface area contributed by atoms with Gasteiger partial charge in [0.1, 0.15) is 12.4 Å². The van der Waals surface area contributed by atoms with Gasteiger partial charge in [-0.25, -0.2) is 0 Å². The van der Waals surface area contributed by atoms with Crippen molar-refractivity contribution in [3.8, 4) is 5.75 Å². The maximum Gasteiger partial charge on any atom is 0.197 e. The van der Waals surface area contributed by atoms with Gasteiger partial charge >= 0.3 is 0 Å². The monoisotopic (exact) mass is 510 g/mol. The van der Waals surface area contributed by atoms with Gasteiger partial charge in [0.2, 0.25) is 0 Å². The molecule has 4 rings (SSSR count). The van der Waals surface area contributed by atoms with Crippen LogP contribution < -0.4 is 4.74 Å². The standard InChI is InChI=1S/C24H16Br2O3/c1-14-6-8-15(9-7-14)13-29-24-20(25)11-16(12-21(24)26)10-19-22(27)17-4-2-3-5-18(17)23(19)28/h2-12H,13H2,1H3. The van der Waals surface area contributed by atoms with Gasteiger partial charge in [-0.15, -0.1) is 0 Å². The Kier molecular flexibility index (Phi) is 5.52. The fourth-order valence-electron chi connectivity index (χ4n) is 3.21. The molecule has 0 heterocycles. The number of ether oxygens (including phenoxy) is 1. The molecule has 144 valence electrons. The second kappa shape index (κ2) is 8.09. The van der Waals surface area contributed by atoms with Crippen LogP contribution in [0.2, 0.25) is 0 Å². The molecule has 3 nitrogen and oxygen atoms in total. The lowest BCUT2D eigenvalue weighted by Gasteiger charge is -2.12. The van der Waals surface area contributed by atoms with Crippen LogP contribution in [0.5, 0.6) is 5.75 Å². The van der Waals surface area contributed by atoms with Crippen LogP contribution in [-0.2, 0) is 6.61 Å². The lowest BCUT2D eigenvalue weighted by Crippen LogP contribution is -2.01. The Morgan fingerprint density at radius 1 is 0.862 bits per heavy atom. The SMILES string of the molecule is Cc1ccc(COc2c(Br)cc(C=C3C(=O)c4ccccc4C3=O)cc2Br)cc1. The molecule has 0 bridgehead atoms. The average Bonchev–Trinajstić information content (AvgIpc) is 2.94. The van der Waals surface area contributed by atoms with Crippen LogP contribution in [0.1, 0.15) is 37.4 Å². The van der Waals surface area contributed by atoms with Crippen molar-refractivity contribution in [1.82, 2.24) is 0 Å². The number of aryl methyl sites for hydroxylation is 1. The van der Waals surface area contributed by atoms with E-state index in [1.165, 1.54) is 5.56 Å². The number of benzene rings is 3. The first-order chi connectivity index (χ1) is 13.9. The zero-order chi connectivity index (χ0) is 20.5. The topological polar surface area (TPSA) is 43.4 Å². The van der Waals surface area contributed by atoms with Crippen molar-refractivity contribution < 1.29 is 14.3 Å². The van der Waals surface area contributed by atoms with Crippen LogP contribution in [-0.4, -0.2) is 11.6 Å². The van der Waals surface area contributed by atoms with Crippen molar-refractivity contribution in [3.63, 3.8) is 0 Å². The van der Waals surface area contributed by atoms with E-state index in [9.17, 15) is 9.59 Å². The van der Waals surface area contributed by atoms with Gasteiger partial charge < -0.3 is 4.74 Å². The third-order valence-electron chi connectivity index (χ3n) is 4.74. The highest BCUT2D eigenvalue weighted by molar-refractivity contribution is 9.11. The zero-order valence-electron chi connectivity index (χ0n) is 15.5. The van der Waals surface area contributed by atoms with Crippen LogP contribution in [0.25, 0.3) is 6.08 Å². The lowest BCUT2D eigenvalue weighted by molar-refractivity contribution is 0.0990. The number of allylic oxidation sites excluding steroid dienone is 1. The zero-order valence-corrected chi connectivity index (χ0v) is 18.7. The van der Waals surface area contributed by atoms with Crippen LogP contribution >= 0.6 is 31.9 Å².